The number of β-amino-alcohol motifs (C(OH)–C–C–N with tert-alkyl or cyclic N) is 1. The smallest absolute Gasteiger partial charge is 0.123 e. The van der Waals surface area contributed by atoms with Crippen LogP contribution < -0.4 is 10.5 Å². The average molecular weight is 435 g/mol. The van der Waals surface area contributed by atoms with Gasteiger partial charge in [0.2, 0.25) is 0 Å². The van der Waals surface area contributed by atoms with Crippen LogP contribution in [0.15, 0.2) is 54.7 Å². The van der Waals surface area contributed by atoms with Crippen molar-refractivity contribution in [1.82, 2.24) is 14.8 Å². The van der Waals surface area contributed by atoms with E-state index in [1.54, 1.807) is 12.3 Å². The Kier molecular flexibility index (Phi) is 6.23. The third-order valence-electron chi connectivity index (χ3n) is 6.34. The van der Waals surface area contributed by atoms with Gasteiger partial charge in [-0.1, -0.05) is 24.3 Å². The molecule has 5 rings (SSSR count). The lowest BCUT2D eigenvalue weighted by molar-refractivity contribution is -0.0461. The van der Waals surface area contributed by atoms with Crippen LogP contribution in [0.2, 0.25) is 0 Å². The van der Waals surface area contributed by atoms with Crippen molar-refractivity contribution in [2.75, 3.05) is 58.3 Å². The van der Waals surface area contributed by atoms with E-state index < -0.39 is 6.10 Å². The summed E-state index contributed by atoms with van der Waals surface area (Å²) in [5.41, 5.74) is 7.78. The van der Waals surface area contributed by atoms with Crippen molar-refractivity contribution in [3.63, 3.8) is 0 Å². The number of hydrogen-bond donors (Lipinski definition) is 2. The highest BCUT2D eigenvalue weighted by atomic mass is 16.5. The van der Waals surface area contributed by atoms with Crippen molar-refractivity contribution in [3.8, 4) is 16.9 Å². The fourth-order valence-electron chi connectivity index (χ4n) is 4.58. The zero-order valence-electron chi connectivity index (χ0n) is 18.2. The molecule has 0 spiro atoms. The van der Waals surface area contributed by atoms with Crippen LogP contribution in [0.25, 0.3) is 21.9 Å². The fourth-order valence-corrected chi connectivity index (χ4v) is 4.58. The minimum absolute atomic E-state index is 0.260. The largest absolute Gasteiger partial charge is 0.491 e. The molecular weight excluding hydrogens is 404 g/mol. The summed E-state index contributed by atoms with van der Waals surface area (Å²) >= 11 is 0. The van der Waals surface area contributed by atoms with Gasteiger partial charge in [0.1, 0.15) is 24.3 Å². The first-order chi connectivity index (χ1) is 15.7. The topological polar surface area (TPSA) is 84.1 Å². The number of morpholine rings is 1. The molecule has 1 aromatic heterocycles. The summed E-state index contributed by atoms with van der Waals surface area (Å²) in [7, 11) is 0. The fraction of sp³-hybridized carbons (Fsp3) is 0.400. The van der Waals surface area contributed by atoms with E-state index in [0.717, 1.165) is 67.0 Å². The van der Waals surface area contributed by atoms with Crippen molar-refractivity contribution in [2.45, 2.75) is 12.1 Å². The molecule has 0 bridgehead atoms. The van der Waals surface area contributed by atoms with Crippen LogP contribution >= 0.6 is 0 Å². The minimum atomic E-state index is -0.534. The number of benzene rings is 2. The molecule has 1 unspecified atom stereocenters. The summed E-state index contributed by atoms with van der Waals surface area (Å²) in [5, 5.41) is 12.8. The molecule has 1 atom stereocenters. The second kappa shape index (κ2) is 9.42. The number of anilines is 1. The summed E-state index contributed by atoms with van der Waals surface area (Å²) in [6.07, 6.45) is 1.25. The van der Waals surface area contributed by atoms with Crippen molar-refractivity contribution in [3.05, 3.63) is 54.7 Å². The Hall–Kier alpha value is -2.71. The van der Waals surface area contributed by atoms with Gasteiger partial charge in [0.15, 0.2) is 0 Å². The molecule has 2 aliphatic rings. The van der Waals surface area contributed by atoms with E-state index in [-0.39, 0.29) is 6.61 Å². The van der Waals surface area contributed by atoms with Gasteiger partial charge in [0.05, 0.1) is 13.2 Å². The summed E-state index contributed by atoms with van der Waals surface area (Å²) in [5.74, 6) is 1.24. The maximum absolute atomic E-state index is 10.5. The lowest BCUT2D eigenvalue weighted by Gasteiger charge is -2.47. The number of rotatable bonds is 7. The summed E-state index contributed by atoms with van der Waals surface area (Å²) in [4.78, 5) is 9.02. The lowest BCUT2D eigenvalue weighted by Crippen LogP contribution is -2.62. The standard InChI is InChI=1S/C25H30N4O3/c26-25-6-5-19(13-27-25)24-12-22(11-18-3-1-2-4-23(18)24)32-17-21(30)16-28-14-20(15-28)29-7-9-31-10-8-29/h1-6,11-13,20-21,30H,7-10,14-17H2,(H2,26,27). The number of likely N-dealkylation sites (tertiary alicyclic amines) is 1. The van der Waals surface area contributed by atoms with E-state index >= 15 is 0 Å². The Bertz CT molecular complexity index is 1050. The van der Waals surface area contributed by atoms with E-state index in [9.17, 15) is 5.11 Å². The van der Waals surface area contributed by atoms with Gasteiger partial charge < -0.3 is 20.3 Å². The first-order valence-corrected chi connectivity index (χ1v) is 11.3. The number of nitrogens with zero attached hydrogens (tertiary/aromatic N) is 3. The maximum atomic E-state index is 10.5. The van der Waals surface area contributed by atoms with Gasteiger partial charge in [0.25, 0.3) is 0 Å². The van der Waals surface area contributed by atoms with Gasteiger partial charge in [-0.15, -0.1) is 0 Å². The van der Waals surface area contributed by atoms with Gasteiger partial charge in [-0.05, 0) is 40.6 Å². The SMILES string of the molecule is Nc1ccc(-c2cc(OCC(O)CN3CC(N4CCOCC4)C3)cc3ccccc23)cn1. The van der Waals surface area contributed by atoms with Gasteiger partial charge in [0, 0.05) is 50.5 Å². The van der Waals surface area contributed by atoms with E-state index in [0.29, 0.717) is 18.4 Å². The molecule has 2 saturated heterocycles. The number of fused-ring (bicyclic) bond motifs is 1. The monoisotopic (exact) mass is 434 g/mol. The summed E-state index contributed by atoms with van der Waals surface area (Å²) in [6.45, 7) is 6.57. The van der Waals surface area contributed by atoms with Crippen LogP contribution in [0.4, 0.5) is 5.82 Å². The quantitative estimate of drug-likeness (QED) is 0.590. The number of aliphatic hydroxyl groups excluding tert-OH is 1. The molecule has 0 radical (unpaired) electrons. The predicted molar refractivity (Wildman–Crippen MR) is 126 cm³/mol. The van der Waals surface area contributed by atoms with Crippen molar-refractivity contribution >= 4 is 16.6 Å². The first-order valence-electron chi connectivity index (χ1n) is 11.3. The number of nitrogens with two attached hydrogens (primary N) is 1. The molecule has 32 heavy (non-hydrogen) atoms. The van der Waals surface area contributed by atoms with E-state index in [4.69, 9.17) is 15.2 Å². The Morgan fingerprint density at radius 3 is 2.72 bits per heavy atom. The average Bonchev–Trinajstić information content (AvgIpc) is 2.80. The third kappa shape index (κ3) is 4.71. The van der Waals surface area contributed by atoms with Crippen LogP contribution in [0.1, 0.15) is 0 Å². The molecule has 3 aromatic rings. The number of aliphatic hydroxyl groups is 1. The molecule has 2 aliphatic heterocycles. The van der Waals surface area contributed by atoms with Crippen molar-refractivity contribution in [1.29, 1.82) is 0 Å². The third-order valence-corrected chi connectivity index (χ3v) is 6.34. The summed E-state index contributed by atoms with van der Waals surface area (Å²) < 4.78 is 11.5. The number of hydrogen-bond acceptors (Lipinski definition) is 7. The normalized spacial score (nSPS) is 19.0. The van der Waals surface area contributed by atoms with E-state index in [2.05, 4.69) is 26.9 Å². The minimum Gasteiger partial charge on any atom is -0.491 e. The molecule has 2 aromatic carbocycles. The zero-order valence-corrected chi connectivity index (χ0v) is 18.2. The van der Waals surface area contributed by atoms with Gasteiger partial charge in [-0.3, -0.25) is 9.80 Å². The van der Waals surface area contributed by atoms with Gasteiger partial charge in [-0.2, -0.15) is 0 Å². The molecule has 2 fully saturated rings. The second-order valence-corrected chi connectivity index (χ2v) is 8.65. The van der Waals surface area contributed by atoms with Crippen LogP contribution in [0.3, 0.4) is 0 Å². The highest BCUT2D eigenvalue weighted by molar-refractivity contribution is 5.97. The van der Waals surface area contributed by atoms with Crippen LogP contribution in [0.5, 0.6) is 5.75 Å². The van der Waals surface area contributed by atoms with Gasteiger partial charge in [-0.25, -0.2) is 4.98 Å². The zero-order chi connectivity index (χ0) is 21.9. The number of aromatic nitrogens is 1. The number of nitrogen functional groups attached to an aromatic ring is 1. The molecule has 3 N–H and O–H groups in total. The molecule has 0 saturated carbocycles. The first kappa shape index (κ1) is 21.2. The Morgan fingerprint density at radius 2 is 1.94 bits per heavy atom. The van der Waals surface area contributed by atoms with E-state index in [1.165, 1.54) is 0 Å². The Labute approximate surface area is 188 Å². The molecule has 3 heterocycles. The van der Waals surface area contributed by atoms with Crippen molar-refractivity contribution < 1.29 is 14.6 Å². The predicted octanol–water partition coefficient (Wildman–Crippen LogP) is 2.24. The highest BCUT2D eigenvalue weighted by Crippen LogP contribution is 2.33. The highest BCUT2D eigenvalue weighted by Gasteiger charge is 2.33. The van der Waals surface area contributed by atoms with Crippen LogP contribution in [0, 0.1) is 0 Å². The Balaban J connectivity index is 1.21. The molecule has 0 amide bonds. The van der Waals surface area contributed by atoms with Gasteiger partial charge >= 0.3 is 0 Å². The Morgan fingerprint density at radius 1 is 1.12 bits per heavy atom. The lowest BCUT2D eigenvalue weighted by atomic mass is 9.99. The van der Waals surface area contributed by atoms with Crippen LogP contribution in [-0.4, -0.2) is 84.6 Å². The molecule has 7 heteroatoms. The summed E-state index contributed by atoms with van der Waals surface area (Å²) in [6, 6.07) is 16.6. The maximum Gasteiger partial charge on any atom is 0.123 e. The number of ether oxygens (including phenoxy) is 2. The second-order valence-electron chi connectivity index (χ2n) is 8.65. The van der Waals surface area contributed by atoms with Crippen LogP contribution in [-0.2, 0) is 4.74 Å². The molecule has 168 valence electrons. The molecule has 0 aliphatic carbocycles. The molecule has 7 nitrogen and oxygen atoms in total. The van der Waals surface area contributed by atoms with Crippen molar-refractivity contribution in [2.24, 2.45) is 0 Å². The molecular formula is C25H30N4O3. The van der Waals surface area contributed by atoms with E-state index in [1.807, 2.05) is 30.3 Å². The number of pyridine rings is 1.